The van der Waals surface area contributed by atoms with E-state index in [1.807, 2.05) is 6.92 Å². The van der Waals surface area contributed by atoms with Crippen LogP contribution in [0, 0.1) is 17.8 Å². The lowest BCUT2D eigenvalue weighted by molar-refractivity contribution is -0.137. The van der Waals surface area contributed by atoms with E-state index in [1.165, 1.54) is 12.2 Å². The zero-order valence-electron chi connectivity index (χ0n) is 15.7. The molecule has 0 aromatic carbocycles. The van der Waals surface area contributed by atoms with Crippen LogP contribution in [0.1, 0.15) is 51.9 Å². The largest absolute Gasteiger partial charge is 0.488 e. The van der Waals surface area contributed by atoms with Crippen LogP contribution in [0.25, 0.3) is 0 Å². The number of ether oxygens (including phenoxy) is 1. The van der Waals surface area contributed by atoms with Crippen LogP contribution in [-0.2, 0) is 9.53 Å². The lowest BCUT2D eigenvalue weighted by Crippen LogP contribution is -2.39. The van der Waals surface area contributed by atoms with Crippen molar-refractivity contribution in [3.05, 3.63) is 24.5 Å². The highest BCUT2D eigenvalue weighted by Gasteiger charge is 2.65. The molecule has 7 heteroatoms. The number of alkyl halides is 2. The Morgan fingerprint density at radius 3 is 2.78 bits per heavy atom. The molecule has 1 aliphatic carbocycles. The first kappa shape index (κ1) is 21.8. The van der Waals surface area contributed by atoms with E-state index in [1.54, 1.807) is 0 Å². The van der Waals surface area contributed by atoms with Crippen LogP contribution in [0.3, 0.4) is 0 Å². The molecule has 1 heterocycles. The molecule has 1 saturated carbocycles. The van der Waals surface area contributed by atoms with Crippen molar-refractivity contribution >= 4 is 5.97 Å². The molecule has 1 unspecified atom stereocenters. The topological polar surface area (TPSA) is 87.0 Å². The van der Waals surface area contributed by atoms with Gasteiger partial charge < -0.3 is 20.1 Å². The number of carboxylic acids is 1. The third-order valence-electron chi connectivity index (χ3n) is 5.70. The Labute approximate surface area is 158 Å². The fourth-order valence-electron chi connectivity index (χ4n) is 4.55. The number of allylic oxidation sites excluding steroid dienone is 2. The number of aliphatic hydroxyl groups is 2. The second-order valence-corrected chi connectivity index (χ2v) is 7.63. The van der Waals surface area contributed by atoms with Gasteiger partial charge in [0.2, 0.25) is 0 Å². The summed E-state index contributed by atoms with van der Waals surface area (Å²) in [5.74, 6) is -6.62. The third kappa shape index (κ3) is 4.88. The Morgan fingerprint density at radius 2 is 2.19 bits per heavy atom. The van der Waals surface area contributed by atoms with Gasteiger partial charge in [0.1, 0.15) is 6.10 Å². The monoisotopic (exact) mass is 388 g/mol. The summed E-state index contributed by atoms with van der Waals surface area (Å²) in [4.78, 5) is 10.6. The molecule has 1 saturated heterocycles. The number of aliphatic carboxylic acids is 1. The molecule has 2 rings (SSSR count). The summed E-state index contributed by atoms with van der Waals surface area (Å²) in [5.41, 5.74) is 0. The Morgan fingerprint density at radius 1 is 1.48 bits per heavy atom. The SMILES string of the molecule is C=C[C@@H](O)CC(CCC)[C@@H]1[C@@H]2[C@H](C[C@H]1O)OC(=CCCCC(=O)O)C2(F)F. The van der Waals surface area contributed by atoms with Crippen molar-refractivity contribution in [1.29, 1.82) is 0 Å². The third-order valence-corrected chi connectivity index (χ3v) is 5.70. The first-order chi connectivity index (χ1) is 12.7. The number of hydrogen-bond donors (Lipinski definition) is 3. The maximum atomic E-state index is 15.1. The molecule has 0 radical (unpaired) electrons. The van der Waals surface area contributed by atoms with Crippen molar-refractivity contribution in [2.75, 3.05) is 0 Å². The lowest BCUT2D eigenvalue weighted by atomic mass is 9.75. The van der Waals surface area contributed by atoms with Crippen LogP contribution in [0.2, 0.25) is 0 Å². The molecule has 5 nitrogen and oxygen atoms in total. The number of halogens is 2. The summed E-state index contributed by atoms with van der Waals surface area (Å²) in [6.45, 7) is 5.49. The Kier molecular flexibility index (Phi) is 7.40. The van der Waals surface area contributed by atoms with E-state index >= 15 is 8.78 Å². The van der Waals surface area contributed by atoms with Crippen molar-refractivity contribution in [3.8, 4) is 0 Å². The fraction of sp³-hybridized carbons (Fsp3) is 0.750. The van der Waals surface area contributed by atoms with Gasteiger partial charge in [0, 0.05) is 18.8 Å². The number of carboxylic acid groups (broad SMARTS) is 1. The number of fused-ring (bicyclic) bond motifs is 1. The van der Waals surface area contributed by atoms with E-state index in [0.29, 0.717) is 6.42 Å². The highest BCUT2D eigenvalue weighted by molar-refractivity contribution is 5.66. The molecule has 0 aromatic rings. The van der Waals surface area contributed by atoms with Gasteiger partial charge >= 0.3 is 11.9 Å². The molecular weight excluding hydrogens is 358 g/mol. The van der Waals surface area contributed by atoms with Crippen molar-refractivity contribution in [2.45, 2.75) is 76.1 Å². The van der Waals surface area contributed by atoms with Crippen molar-refractivity contribution in [2.24, 2.45) is 17.8 Å². The van der Waals surface area contributed by atoms with Gasteiger partial charge in [0.05, 0.1) is 18.1 Å². The van der Waals surface area contributed by atoms with E-state index in [2.05, 4.69) is 6.58 Å². The van der Waals surface area contributed by atoms with Crippen molar-refractivity contribution in [1.82, 2.24) is 0 Å². The summed E-state index contributed by atoms with van der Waals surface area (Å²) in [5, 5.41) is 29.1. The molecule has 2 fully saturated rings. The van der Waals surface area contributed by atoms with Crippen molar-refractivity contribution in [3.63, 3.8) is 0 Å². The summed E-state index contributed by atoms with van der Waals surface area (Å²) >= 11 is 0. The molecule has 0 bridgehead atoms. The Balaban J connectivity index is 2.18. The van der Waals surface area contributed by atoms with Crippen LogP contribution in [0.5, 0.6) is 0 Å². The summed E-state index contributed by atoms with van der Waals surface area (Å²) in [6, 6.07) is 0. The van der Waals surface area contributed by atoms with Gasteiger partial charge in [-0.2, -0.15) is 8.78 Å². The second-order valence-electron chi connectivity index (χ2n) is 7.63. The average molecular weight is 388 g/mol. The minimum absolute atomic E-state index is 0.0818. The quantitative estimate of drug-likeness (QED) is 0.394. The Hall–Kier alpha value is -1.47. The minimum atomic E-state index is -3.21. The van der Waals surface area contributed by atoms with Crippen molar-refractivity contribution < 1.29 is 33.6 Å². The van der Waals surface area contributed by atoms with Gasteiger partial charge in [-0.25, -0.2) is 0 Å². The number of carbonyl (C=O) groups is 1. The molecule has 154 valence electrons. The van der Waals surface area contributed by atoms with Crippen LogP contribution in [0.15, 0.2) is 24.5 Å². The van der Waals surface area contributed by atoms with E-state index in [0.717, 1.165) is 6.42 Å². The fourth-order valence-corrected chi connectivity index (χ4v) is 4.55. The van der Waals surface area contributed by atoms with Gasteiger partial charge in [0.25, 0.3) is 0 Å². The maximum absolute atomic E-state index is 15.1. The van der Waals surface area contributed by atoms with E-state index in [4.69, 9.17) is 9.84 Å². The van der Waals surface area contributed by atoms with E-state index in [-0.39, 0.29) is 38.0 Å². The van der Waals surface area contributed by atoms with Gasteiger partial charge in [-0.3, -0.25) is 4.79 Å². The Bertz CT molecular complexity index is 563. The molecule has 3 N–H and O–H groups in total. The molecule has 6 atom stereocenters. The van der Waals surface area contributed by atoms with Gasteiger partial charge in [-0.1, -0.05) is 25.8 Å². The molecule has 2 aliphatic rings. The maximum Gasteiger partial charge on any atom is 0.310 e. The highest BCUT2D eigenvalue weighted by atomic mass is 19.3. The van der Waals surface area contributed by atoms with Gasteiger partial charge in [-0.05, 0) is 31.3 Å². The number of unbranched alkanes of at least 4 members (excludes halogenated alkanes) is 1. The number of aliphatic hydroxyl groups excluding tert-OH is 2. The summed E-state index contributed by atoms with van der Waals surface area (Å²) in [7, 11) is 0. The average Bonchev–Trinajstić information content (AvgIpc) is 3.04. The highest BCUT2D eigenvalue weighted by Crippen LogP contribution is 2.56. The normalized spacial score (nSPS) is 32.7. The minimum Gasteiger partial charge on any atom is -0.488 e. The molecule has 1 aliphatic heterocycles. The predicted octanol–water partition coefficient (Wildman–Crippen LogP) is 3.51. The summed E-state index contributed by atoms with van der Waals surface area (Å²) in [6.07, 6.45) is 2.44. The van der Waals surface area contributed by atoms with Gasteiger partial charge in [-0.15, -0.1) is 6.58 Å². The molecule has 0 spiro atoms. The second kappa shape index (κ2) is 9.15. The number of hydrogen-bond acceptors (Lipinski definition) is 4. The first-order valence-corrected chi connectivity index (χ1v) is 9.67. The zero-order valence-corrected chi connectivity index (χ0v) is 15.7. The first-order valence-electron chi connectivity index (χ1n) is 9.67. The molecule has 27 heavy (non-hydrogen) atoms. The van der Waals surface area contributed by atoms with Crippen LogP contribution < -0.4 is 0 Å². The standard InChI is InChI=1S/C20H30F2O5/c1-3-7-12(10-13(23)4-2)18-14(24)11-15-19(18)20(21,22)16(27-15)8-5-6-9-17(25)26/h4,8,12-15,18-19,23-24H,2-3,5-7,9-11H2,1H3,(H,25,26)/t12?,13-,14-,15+,18+,19+/m1/s1. The predicted molar refractivity (Wildman–Crippen MR) is 96.2 cm³/mol. The smallest absolute Gasteiger partial charge is 0.310 e. The van der Waals surface area contributed by atoms with Gasteiger partial charge in [0.15, 0.2) is 5.76 Å². The van der Waals surface area contributed by atoms with Crippen LogP contribution >= 0.6 is 0 Å². The molecule has 0 amide bonds. The number of rotatable bonds is 10. The van der Waals surface area contributed by atoms with E-state index in [9.17, 15) is 15.0 Å². The zero-order chi connectivity index (χ0) is 20.2. The molecule has 0 aromatic heterocycles. The molecular formula is C20H30F2O5. The summed E-state index contributed by atoms with van der Waals surface area (Å²) < 4.78 is 35.7. The van der Waals surface area contributed by atoms with E-state index < -0.39 is 47.8 Å². The lowest BCUT2D eigenvalue weighted by Gasteiger charge is -2.33. The van der Waals surface area contributed by atoms with Crippen LogP contribution in [-0.4, -0.2) is 45.5 Å². The van der Waals surface area contributed by atoms with Crippen LogP contribution in [0.4, 0.5) is 8.78 Å².